The SMILES string of the molecule is N=Cc1c2c(c(N3CCC(CC(=O)NN=N)CC3)n3c1nc1ccccc13)CCC2. The van der Waals surface area contributed by atoms with Gasteiger partial charge in [0.15, 0.2) is 0 Å². The zero-order chi connectivity index (χ0) is 20.7. The summed E-state index contributed by atoms with van der Waals surface area (Å²) in [5.74, 6) is 1.36. The van der Waals surface area contributed by atoms with Crippen LogP contribution in [0.1, 0.15) is 42.4 Å². The van der Waals surface area contributed by atoms with Crippen LogP contribution in [0, 0.1) is 16.9 Å². The molecule has 3 heterocycles. The van der Waals surface area contributed by atoms with E-state index in [4.69, 9.17) is 15.9 Å². The van der Waals surface area contributed by atoms with Crippen LogP contribution in [0.15, 0.2) is 29.5 Å². The van der Waals surface area contributed by atoms with E-state index in [2.05, 4.69) is 26.0 Å². The molecular weight excluding hydrogens is 378 g/mol. The Bertz CT molecular complexity index is 1160. The number of piperidine rings is 1. The molecule has 0 atom stereocenters. The topological polar surface area (TPSA) is 110 Å². The summed E-state index contributed by atoms with van der Waals surface area (Å²) in [5, 5.41) is 11.0. The molecule has 0 radical (unpaired) electrons. The van der Waals surface area contributed by atoms with Crippen molar-refractivity contribution >= 4 is 34.6 Å². The molecule has 154 valence electrons. The van der Waals surface area contributed by atoms with Gasteiger partial charge < -0.3 is 10.3 Å². The van der Waals surface area contributed by atoms with Crippen LogP contribution in [0.25, 0.3) is 16.7 Å². The van der Waals surface area contributed by atoms with E-state index < -0.39 is 0 Å². The molecule has 3 aromatic rings. The van der Waals surface area contributed by atoms with Crippen LogP contribution in [0.3, 0.4) is 0 Å². The van der Waals surface area contributed by atoms with Crippen LogP contribution in [-0.2, 0) is 17.6 Å². The number of amides is 1. The molecular formula is C22H25N7O. The van der Waals surface area contributed by atoms with Gasteiger partial charge in [0.25, 0.3) is 0 Å². The number of carbonyl (C=O) groups excluding carboxylic acids is 1. The first-order valence-corrected chi connectivity index (χ1v) is 10.6. The normalized spacial score (nSPS) is 16.7. The van der Waals surface area contributed by atoms with Crippen LogP contribution < -0.4 is 10.3 Å². The van der Waals surface area contributed by atoms with Gasteiger partial charge in [0, 0.05) is 31.3 Å². The molecule has 1 aromatic carbocycles. The lowest BCUT2D eigenvalue weighted by atomic mass is 9.92. The van der Waals surface area contributed by atoms with Crippen molar-refractivity contribution in [3.8, 4) is 0 Å². The number of hydrogen-bond acceptors (Lipinski definition) is 6. The van der Waals surface area contributed by atoms with E-state index in [-0.39, 0.29) is 5.91 Å². The molecule has 1 aliphatic heterocycles. The molecule has 0 spiro atoms. The number of nitrogens with one attached hydrogen (secondary N) is 3. The van der Waals surface area contributed by atoms with E-state index in [1.807, 2.05) is 18.2 Å². The lowest BCUT2D eigenvalue weighted by molar-refractivity contribution is -0.122. The highest BCUT2D eigenvalue weighted by atomic mass is 16.2. The van der Waals surface area contributed by atoms with Gasteiger partial charge >= 0.3 is 0 Å². The predicted molar refractivity (Wildman–Crippen MR) is 115 cm³/mol. The Morgan fingerprint density at radius 2 is 2.00 bits per heavy atom. The van der Waals surface area contributed by atoms with E-state index in [9.17, 15) is 4.79 Å². The number of aromatic nitrogens is 2. The Morgan fingerprint density at radius 1 is 1.23 bits per heavy atom. The molecule has 30 heavy (non-hydrogen) atoms. The van der Waals surface area contributed by atoms with Crippen LogP contribution in [0.4, 0.5) is 5.82 Å². The molecule has 1 saturated heterocycles. The molecule has 2 aromatic heterocycles. The first-order chi connectivity index (χ1) is 14.7. The highest BCUT2D eigenvalue weighted by Gasteiger charge is 2.30. The average molecular weight is 403 g/mol. The van der Waals surface area contributed by atoms with Crippen molar-refractivity contribution in [3.05, 3.63) is 41.0 Å². The Morgan fingerprint density at radius 3 is 2.77 bits per heavy atom. The van der Waals surface area contributed by atoms with Crippen molar-refractivity contribution in [1.82, 2.24) is 14.8 Å². The van der Waals surface area contributed by atoms with Gasteiger partial charge in [-0.1, -0.05) is 17.4 Å². The zero-order valence-corrected chi connectivity index (χ0v) is 16.8. The highest BCUT2D eigenvalue weighted by Crippen LogP contribution is 2.39. The molecule has 0 bridgehead atoms. The van der Waals surface area contributed by atoms with Gasteiger partial charge in [-0.15, -0.1) is 0 Å². The van der Waals surface area contributed by atoms with Gasteiger partial charge in [0.1, 0.15) is 11.5 Å². The molecule has 8 nitrogen and oxygen atoms in total. The summed E-state index contributed by atoms with van der Waals surface area (Å²) in [6.45, 7) is 1.77. The molecule has 5 rings (SSSR count). The minimum atomic E-state index is -0.178. The number of para-hydroxylation sites is 2. The summed E-state index contributed by atoms with van der Waals surface area (Å²) >= 11 is 0. The van der Waals surface area contributed by atoms with E-state index in [0.717, 1.165) is 67.4 Å². The van der Waals surface area contributed by atoms with Crippen molar-refractivity contribution in [1.29, 1.82) is 10.9 Å². The zero-order valence-electron chi connectivity index (χ0n) is 16.8. The molecule has 0 saturated carbocycles. The van der Waals surface area contributed by atoms with Gasteiger partial charge in [-0.25, -0.2) is 10.4 Å². The van der Waals surface area contributed by atoms with Gasteiger partial charge in [-0.05, 0) is 61.3 Å². The van der Waals surface area contributed by atoms with E-state index >= 15 is 0 Å². The van der Waals surface area contributed by atoms with Crippen LogP contribution in [-0.4, -0.2) is 34.6 Å². The first-order valence-electron chi connectivity index (χ1n) is 10.6. The Kier molecular flexibility index (Phi) is 4.69. The number of fused-ring (bicyclic) bond motifs is 4. The monoisotopic (exact) mass is 403 g/mol. The Hall–Kier alpha value is -3.29. The smallest absolute Gasteiger partial charge is 0.241 e. The van der Waals surface area contributed by atoms with Crippen molar-refractivity contribution < 1.29 is 4.79 Å². The van der Waals surface area contributed by atoms with Gasteiger partial charge in [-0.2, -0.15) is 5.53 Å². The van der Waals surface area contributed by atoms with E-state index in [1.54, 1.807) is 0 Å². The predicted octanol–water partition coefficient (Wildman–Crippen LogP) is 3.64. The van der Waals surface area contributed by atoms with Crippen molar-refractivity contribution in [2.24, 2.45) is 11.1 Å². The van der Waals surface area contributed by atoms with Crippen molar-refractivity contribution in [3.63, 3.8) is 0 Å². The van der Waals surface area contributed by atoms with Crippen molar-refractivity contribution in [2.45, 2.75) is 38.5 Å². The Balaban J connectivity index is 1.57. The first kappa shape index (κ1) is 18.7. The summed E-state index contributed by atoms with van der Waals surface area (Å²) in [6.07, 6.45) is 6.89. The summed E-state index contributed by atoms with van der Waals surface area (Å²) in [5.41, 5.74) is 15.5. The molecule has 1 fully saturated rings. The number of carbonyl (C=O) groups is 1. The third kappa shape index (κ3) is 2.94. The fourth-order valence-electron chi connectivity index (χ4n) is 5.18. The minimum Gasteiger partial charge on any atom is -0.357 e. The van der Waals surface area contributed by atoms with Crippen LogP contribution >= 0.6 is 0 Å². The van der Waals surface area contributed by atoms with Gasteiger partial charge in [0.2, 0.25) is 5.91 Å². The van der Waals surface area contributed by atoms with E-state index in [1.165, 1.54) is 23.2 Å². The second kappa shape index (κ2) is 7.51. The van der Waals surface area contributed by atoms with E-state index in [0.29, 0.717) is 12.3 Å². The largest absolute Gasteiger partial charge is 0.357 e. The number of pyridine rings is 1. The summed E-state index contributed by atoms with van der Waals surface area (Å²) in [7, 11) is 0. The number of nitrogens with zero attached hydrogens (tertiary/aromatic N) is 4. The summed E-state index contributed by atoms with van der Waals surface area (Å²) < 4.78 is 2.26. The second-order valence-electron chi connectivity index (χ2n) is 8.23. The average Bonchev–Trinajstić information content (AvgIpc) is 3.38. The third-order valence-electron chi connectivity index (χ3n) is 6.54. The third-order valence-corrected chi connectivity index (χ3v) is 6.54. The maximum atomic E-state index is 11.8. The fourth-order valence-corrected chi connectivity index (χ4v) is 5.18. The van der Waals surface area contributed by atoms with Crippen molar-refractivity contribution in [2.75, 3.05) is 18.0 Å². The summed E-state index contributed by atoms with van der Waals surface area (Å²) in [4.78, 5) is 19.1. The van der Waals surface area contributed by atoms with Gasteiger partial charge in [-0.3, -0.25) is 9.20 Å². The fraction of sp³-hybridized carbons (Fsp3) is 0.409. The van der Waals surface area contributed by atoms with Crippen LogP contribution in [0.2, 0.25) is 0 Å². The lowest BCUT2D eigenvalue weighted by Gasteiger charge is -2.35. The second-order valence-corrected chi connectivity index (χ2v) is 8.23. The molecule has 2 aliphatic rings. The Labute approximate surface area is 174 Å². The molecule has 0 unspecified atom stereocenters. The number of benzene rings is 1. The lowest BCUT2D eigenvalue weighted by Crippen LogP contribution is -2.37. The quantitative estimate of drug-likeness (QED) is 0.344. The molecule has 1 aliphatic carbocycles. The maximum Gasteiger partial charge on any atom is 0.241 e. The molecule has 8 heteroatoms. The minimum absolute atomic E-state index is 0.178. The number of hydrogen-bond donors (Lipinski definition) is 3. The number of imidazole rings is 1. The molecule has 1 amide bonds. The van der Waals surface area contributed by atoms with Gasteiger partial charge in [0.05, 0.1) is 11.0 Å². The van der Waals surface area contributed by atoms with Crippen LogP contribution in [0.5, 0.6) is 0 Å². The number of anilines is 1. The maximum absolute atomic E-state index is 11.8. The molecule has 3 N–H and O–H groups in total. The highest BCUT2D eigenvalue weighted by molar-refractivity contribution is 5.95. The standard InChI is InChI=1S/C22H25N7O/c23-13-17-15-4-3-5-16(15)22(29-19-7-2-1-6-18(19)25-21(17)29)28-10-8-14(9-11-28)12-20(30)26-27-24/h1-2,6-7,13-14,23H,3-5,8-12H2,(H2,24,26,30). The number of rotatable bonds is 5. The summed E-state index contributed by atoms with van der Waals surface area (Å²) in [6, 6.07) is 8.19.